The van der Waals surface area contributed by atoms with Crippen LogP contribution in [0.25, 0.3) is 22.4 Å². The van der Waals surface area contributed by atoms with E-state index in [0.29, 0.717) is 18.5 Å². The number of aryl methyl sites for hydroxylation is 1. The third kappa shape index (κ3) is 5.14. The Kier molecular flexibility index (Phi) is 7.07. The fraction of sp³-hybridized carbons (Fsp3) is 0.241. The number of carbonyl (C=O) groups is 2. The summed E-state index contributed by atoms with van der Waals surface area (Å²) in [6.45, 7) is 1.56. The molecule has 0 radical (unpaired) electrons. The number of hydrogen-bond acceptors (Lipinski definition) is 4. The zero-order valence-corrected chi connectivity index (χ0v) is 20.3. The number of aliphatic carboxylic acids is 1. The van der Waals surface area contributed by atoms with E-state index in [-0.39, 0.29) is 11.7 Å². The Bertz CT molecular complexity index is 1390. The maximum Gasteiger partial charge on any atom is 0.326 e. The third-order valence-corrected chi connectivity index (χ3v) is 6.83. The van der Waals surface area contributed by atoms with Gasteiger partial charge in [0, 0.05) is 60.3 Å². The fourth-order valence-electron chi connectivity index (χ4n) is 5.08. The van der Waals surface area contributed by atoms with Gasteiger partial charge in [0.15, 0.2) is 0 Å². The first kappa shape index (κ1) is 24.4. The van der Waals surface area contributed by atoms with Crippen LogP contribution < -0.4 is 0 Å². The van der Waals surface area contributed by atoms with Crippen molar-refractivity contribution in [2.45, 2.75) is 38.3 Å². The minimum atomic E-state index is -0.931. The molecule has 1 saturated heterocycles. The molecule has 5 heterocycles. The predicted octanol–water partition coefficient (Wildman–Crippen LogP) is 5.07. The van der Waals surface area contributed by atoms with E-state index < -0.39 is 12.0 Å². The lowest BCUT2D eigenvalue weighted by Crippen LogP contribution is -2.40. The highest BCUT2D eigenvalue weighted by molar-refractivity contribution is 5.96. The Labute approximate surface area is 214 Å². The van der Waals surface area contributed by atoms with Gasteiger partial charge in [0.1, 0.15) is 11.9 Å². The SMILES string of the molecule is Fc1ccc(-c2cc3n(c2-c2ccncc2)CCC3)cc1.O=C(O)C1CCCN1C(=O)c1ccncc1. The molecule has 3 aromatic heterocycles. The maximum absolute atomic E-state index is 13.2. The molecule has 1 atom stereocenters. The van der Waals surface area contributed by atoms with Crippen LogP contribution in [0.5, 0.6) is 0 Å². The van der Waals surface area contributed by atoms with Gasteiger partial charge in [0.25, 0.3) is 5.91 Å². The van der Waals surface area contributed by atoms with Gasteiger partial charge in [-0.25, -0.2) is 9.18 Å². The van der Waals surface area contributed by atoms with Gasteiger partial charge < -0.3 is 14.6 Å². The number of fused-ring (bicyclic) bond motifs is 1. The summed E-state index contributed by atoms with van der Waals surface area (Å²) >= 11 is 0. The Morgan fingerprint density at radius 1 is 0.865 bits per heavy atom. The summed E-state index contributed by atoms with van der Waals surface area (Å²) in [6.07, 6.45) is 10.3. The average Bonchev–Trinajstić information content (AvgIpc) is 3.67. The molecule has 7 nitrogen and oxygen atoms in total. The smallest absolute Gasteiger partial charge is 0.326 e. The van der Waals surface area contributed by atoms with Crippen molar-refractivity contribution in [2.24, 2.45) is 0 Å². The number of benzene rings is 1. The Morgan fingerprint density at radius 2 is 1.54 bits per heavy atom. The molecule has 37 heavy (non-hydrogen) atoms. The predicted molar refractivity (Wildman–Crippen MR) is 137 cm³/mol. The van der Waals surface area contributed by atoms with Crippen molar-refractivity contribution in [3.8, 4) is 22.4 Å². The topological polar surface area (TPSA) is 88.3 Å². The maximum atomic E-state index is 13.2. The highest BCUT2D eigenvalue weighted by atomic mass is 19.1. The van der Waals surface area contributed by atoms with Crippen LogP contribution in [0.15, 0.2) is 79.4 Å². The third-order valence-electron chi connectivity index (χ3n) is 6.83. The highest BCUT2D eigenvalue weighted by Gasteiger charge is 2.34. The molecule has 1 aromatic carbocycles. The molecule has 4 aromatic rings. The molecule has 0 spiro atoms. The molecule has 1 N–H and O–H groups in total. The number of likely N-dealkylation sites (tertiary alicyclic amines) is 1. The zero-order valence-electron chi connectivity index (χ0n) is 20.3. The van der Waals surface area contributed by atoms with E-state index in [1.54, 1.807) is 12.1 Å². The fourth-order valence-corrected chi connectivity index (χ4v) is 5.08. The monoisotopic (exact) mass is 498 g/mol. The van der Waals surface area contributed by atoms with Gasteiger partial charge in [-0.15, -0.1) is 0 Å². The quantitative estimate of drug-likeness (QED) is 0.424. The molecule has 1 amide bonds. The number of hydrogen-bond donors (Lipinski definition) is 1. The molecule has 6 rings (SSSR count). The molecule has 8 heteroatoms. The lowest BCUT2D eigenvalue weighted by atomic mass is 10.0. The lowest BCUT2D eigenvalue weighted by Gasteiger charge is -2.21. The van der Waals surface area contributed by atoms with Crippen LogP contribution in [-0.2, 0) is 17.8 Å². The first-order chi connectivity index (χ1) is 18.0. The normalized spacial score (nSPS) is 16.1. The number of aromatic nitrogens is 3. The Hall–Kier alpha value is -4.33. The molecule has 0 saturated carbocycles. The molecular weight excluding hydrogens is 471 g/mol. The van der Waals surface area contributed by atoms with Crippen molar-refractivity contribution < 1.29 is 19.1 Å². The summed E-state index contributed by atoms with van der Waals surface area (Å²) in [5.41, 5.74) is 6.47. The summed E-state index contributed by atoms with van der Waals surface area (Å²) in [5.74, 6) is -1.36. The van der Waals surface area contributed by atoms with Gasteiger partial charge in [-0.3, -0.25) is 14.8 Å². The van der Waals surface area contributed by atoms with E-state index in [9.17, 15) is 14.0 Å². The standard InChI is InChI=1S/C18H15FN2.C11H12N2O3/c19-15-5-3-13(4-6-15)17-12-16-2-1-11-21(16)18(17)14-7-9-20-10-8-14;14-10(8-3-5-12-6-4-8)13-7-1-2-9(13)11(15)16/h3-10,12H,1-2,11H2;3-6,9H,1-2,7H2,(H,15,16). The van der Waals surface area contributed by atoms with E-state index in [1.807, 2.05) is 36.7 Å². The summed E-state index contributed by atoms with van der Waals surface area (Å²) in [6, 6.07) is 15.6. The van der Waals surface area contributed by atoms with Crippen LogP contribution in [0, 0.1) is 5.82 Å². The molecule has 1 fully saturated rings. The van der Waals surface area contributed by atoms with E-state index >= 15 is 0 Å². The molecular formula is C29H27FN4O3. The number of nitrogens with zero attached hydrogens (tertiary/aromatic N) is 4. The summed E-state index contributed by atoms with van der Waals surface area (Å²) in [4.78, 5) is 32.3. The van der Waals surface area contributed by atoms with Gasteiger partial charge in [-0.1, -0.05) is 12.1 Å². The van der Waals surface area contributed by atoms with Crippen molar-refractivity contribution in [1.29, 1.82) is 0 Å². The zero-order chi connectivity index (χ0) is 25.8. The van der Waals surface area contributed by atoms with Gasteiger partial charge in [0.05, 0.1) is 5.69 Å². The number of carboxylic acids is 1. The summed E-state index contributed by atoms with van der Waals surface area (Å²) in [7, 11) is 0. The first-order valence-electron chi connectivity index (χ1n) is 12.4. The van der Waals surface area contributed by atoms with Crippen molar-refractivity contribution >= 4 is 11.9 Å². The summed E-state index contributed by atoms with van der Waals surface area (Å²) < 4.78 is 15.6. The van der Waals surface area contributed by atoms with Crippen LogP contribution in [0.2, 0.25) is 0 Å². The Morgan fingerprint density at radius 3 is 2.22 bits per heavy atom. The minimum absolute atomic E-state index is 0.198. The van der Waals surface area contributed by atoms with Crippen molar-refractivity contribution in [3.05, 3.63) is 96.5 Å². The number of carbonyl (C=O) groups excluding carboxylic acids is 1. The van der Waals surface area contributed by atoms with E-state index in [4.69, 9.17) is 5.11 Å². The number of rotatable bonds is 4. The second-order valence-corrected chi connectivity index (χ2v) is 9.13. The van der Waals surface area contributed by atoms with Gasteiger partial charge in [-0.2, -0.15) is 0 Å². The van der Waals surface area contributed by atoms with Gasteiger partial charge in [0.2, 0.25) is 0 Å². The van der Waals surface area contributed by atoms with Crippen molar-refractivity contribution in [2.75, 3.05) is 6.54 Å². The molecule has 1 unspecified atom stereocenters. The van der Waals surface area contributed by atoms with Crippen LogP contribution in [-0.4, -0.2) is 49.0 Å². The second-order valence-electron chi connectivity index (χ2n) is 9.13. The first-order valence-corrected chi connectivity index (χ1v) is 12.4. The van der Waals surface area contributed by atoms with Crippen LogP contribution in [0.1, 0.15) is 35.3 Å². The van der Waals surface area contributed by atoms with E-state index in [2.05, 4.69) is 20.6 Å². The number of amides is 1. The lowest BCUT2D eigenvalue weighted by molar-refractivity contribution is -0.141. The van der Waals surface area contributed by atoms with Crippen LogP contribution >= 0.6 is 0 Å². The molecule has 188 valence electrons. The van der Waals surface area contributed by atoms with Crippen LogP contribution in [0.4, 0.5) is 4.39 Å². The molecule has 0 aliphatic carbocycles. The van der Waals surface area contributed by atoms with Gasteiger partial charge >= 0.3 is 5.97 Å². The van der Waals surface area contributed by atoms with E-state index in [0.717, 1.165) is 30.5 Å². The van der Waals surface area contributed by atoms with Crippen LogP contribution in [0.3, 0.4) is 0 Å². The number of halogens is 1. The van der Waals surface area contributed by atoms with Crippen molar-refractivity contribution in [1.82, 2.24) is 19.4 Å². The highest BCUT2D eigenvalue weighted by Crippen LogP contribution is 2.37. The van der Waals surface area contributed by atoms with Gasteiger partial charge in [-0.05, 0) is 73.7 Å². The average molecular weight is 499 g/mol. The number of carboxylic acid groups (broad SMARTS) is 1. The van der Waals surface area contributed by atoms with E-state index in [1.165, 1.54) is 52.8 Å². The number of pyridine rings is 2. The minimum Gasteiger partial charge on any atom is -0.480 e. The summed E-state index contributed by atoms with van der Waals surface area (Å²) in [5, 5.41) is 8.97. The molecule has 0 bridgehead atoms. The molecule has 2 aliphatic rings. The second kappa shape index (κ2) is 10.7. The molecule has 2 aliphatic heterocycles. The van der Waals surface area contributed by atoms with Crippen molar-refractivity contribution in [3.63, 3.8) is 0 Å². The largest absolute Gasteiger partial charge is 0.480 e. The Balaban J connectivity index is 0.000000158.